The molecule has 0 saturated carbocycles. The van der Waals surface area contributed by atoms with Crippen LogP contribution in [0, 0.1) is 24.0 Å². The number of amides is 1. The van der Waals surface area contributed by atoms with Gasteiger partial charge in [-0.05, 0) is 25.0 Å². The average molecular weight is 327 g/mol. The molecule has 1 aromatic heterocycles. The summed E-state index contributed by atoms with van der Waals surface area (Å²) in [6.07, 6.45) is 2.15. The smallest absolute Gasteiger partial charge is 0.269 e. The molecule has 0 unspecified atom stereocenters. The standard InChI is InChI=1S/C17H17N3O4/c1-10-9-24-11(2)17(10)15-8-16(19(18-15)12(3)21)13-5-4-6-14(7-13)20(22)23/h4-7,9,16H,8H2,1-3H3/t16-/m1/s1. The largest absolute Gasteiger partial charge is 0.469 e. The molecular weight excluding hydrogens is 310 g/mol. The van der Waals surface area contributed by atoms with Gasteiger partial charge in [0.1, 0.15) is 5.76 Å². The Balaban J connectivity index is 2.00. The molecule has 7 nitrogen and oxygen atoms in total. The van der Waals surface area contributed by atoms with Gasteiger partial charge in [0.15, 0.2) is 0 Å². The van der Waals surface area contributed by atoms with Crippen LogP contribution in [0.1, 0.15) is 41.8 Å². The van der Waals surface area contributed by atoms with Gasteiger partial charge < -0.3 is 4.42 Å². The molecule has 0 N–H and O–H groups in total. The van der Waals surface area contributed by atoms with Crippen LogP contribution in [0.25, 0.3) is 0 Å². The first-order chi connectivity index (χ1) is 11.4. The van der Waals surface area contributed by atoms with Crippen molar-refractivity contribution < 1.29 is 14.1 Å². The summed E-state index contributed by atoms with van der Waals surface area (Å²) in [4.78, 5) is 22.6. The number of nitro groups is 1. The van der Waals surface area contributed by atoms with Gasteiger partial charge in [0, 0.05) is 31.0 Å². The Morgan fingerprint density at radius 1 is 1.42 bits per heavy atom. The Morgan fingerprint density at radius 3 is 2.75 bits per heavy atom. The van der Waals surface area contributed by atoms with Gasteiger partial charge in [0.2, 0.25) is 5.91 Å². The molecule has 1 aromatic carbocycles. The summed E-state index contributed by atoms with van der Waals surface area (Å²) in [5.41, 5.74) is 3.30. The molecule has 0 fully saturated rings. The van der Waals surface area contributed by atoms with Crippen LogP contribution in [0.3, 0.4) is 0 Å². The van der Waals surface area contributed by atoms with Crippen molar-refractivity contribution in [3.05, 3.63) is 63.1 Å². The van der Waals surface area contributed by atoms with Gasteiger partial charge in [0.05, 0.1) is 22.9 Å². The van der Waals surface area contributed by atoms with Gasteiger partial charge in [-0.15, -0.1) is 0 Å². The number of hydrogen-bond acceptors (Lipinski definition) is 5. The summed E-state index contributed by atoms with van der Waals surface area (Å²) < 4.78 is 5.42. The van der Waals surface area contributed by atoms with Crippen LogP contribution in [0.5, 0.6) is 0 Å². The fourth-order valence-corrected chi connectivity index (χ4v) is 3.06. The maximum absolute atomic E-state index is 12.0. The third kappa shape index (κ3) is 2.68. The Hall–Kier alpha value is -2.96. The molecule has 0 spiro atoms. The van der Waals surface area contributed by atoms with E-state index in [-0.39, 0.29) is 17.6 Å². The Morgan fingerprint density at radius 2 is 2.17 bits per heavy atom. The minimum absolute atomic E-state index is 0.000115. The van der Waals surface area contributed by atoms with Crippen molar-refractivity contribution in [2.24, 2.45) is 5.10 Å². The Kier molecular flexibility index (Phi) is 3.92. The van der Waals surface area contributed by atoms with Crippen molar-refractivity contribution in [1.29, 1.82) is 0 Å². The lowest BCUT2D eigenvalue weighted by Crippen LogP contribution is -2.24. The van der Waals surface area contributed by atoms with Crippen LogP contribution >= 0.6 is 0 Å². The fourth-order valence-electron chi connectivity index (χ4n) is 3.06. The number of carbonyl (C=O) groups is 1. The van der Waals surface area contributed by atoms with E-state index < -0.39 is 4.92 Å². The molecule has 3 rings (SSSR count). The van der Waals surface area contributed by atoms with E-state index in [9.17, 15) is 14.9 Å². The van der Waals surface area contributed by atoms with Gasteiger partial charge in [-0.1, -0.05) is 12.1 Å². The molecule has 1 amide bonds. The molecule has 0 radical (unpaired) electrons. The molecule has 124 valence electrons. The minimum Gasteiger partial charge on any atom is -0.469 e. The molecule has 0 bridgehead atoms. The highest BCUT2D eigenvalue weighted by atomic mass is 16.6. The third-order valence-corrected chi connectivity index (χ3v) is 4.15. The number of furan rings is 1. The van der Waals surface area contributed by atoms with E-state index in [1.165, 1.54) is 24.1 Å². The molecule has 1 aliphatic rings. The number of non-ortho nitro benzene ring substituents is 1. The number of hydrazone groups is 1. The molecule has 1 aliphatic heterocycles. The molecule has 2 aromatic rings. The number of nitro benzene ring substituents is 1. The first-order valence-corrected chi connectivity index (χ1v) is 7.55. The van der Waals surface area contributed by atoms with Gasteiger partial charge in [-0.3, -0.25) is 14.9 Å². The zero-order chi connectivity index (χ0) is 17.4. The molecule has 0 saturated heterocycles. The van der Waals surface area contributed by atoms with Crippen LogP contribution in [0.15, 0.2) is 40.0 Å². The van der Waals surface area contributed by atoms with E-state index in [0.29, 0.717) is 12.0 Å². The second-order valence-electron chi connectivity index (χ2n) is 5.83. The maximum atomic E-state index is 12.0. The summed E-state index contributed by atoms with van der Waals surface area (Å²) in [6, 6.07) is 5.97. The maximum Gasteiger partial charge on any atom is 0.269 e. The van der Waals surface area contributed by atoms with E-state index >= 15 is 0 Å². The van der Waals surface area contributed by atoms with Gasteiger partial charge in [0.25, 0.3) is 5.69 Å². The van der Waals surface area contributed by atoms with Crippen molar-refractivity contribution in [2.45, 2.75) is 33.2 Å². The monoisotopic (exact) mass is 327 g/mol. The number of aryl methyl sites for hydroxylation is 2. The van der Waals surface area contributed by atoms with Crippen LogP contribution < -0.4 is 0 Å². The predicted molar refractivity (Wildman–Crippen MR) is 87.7 cm³/mol. The highest BCUT2D eigenvalue weighted by Crippen LogP contribution is 2.35. The Bertz CT molecular complexity index is 834. The lowest BCUT2D eigenvalue weighted by atomic mass is 9.97. The van der Waals surface area contributed by atoms with Crippen LogP contribution in [-0.2, 0) is 4.79 Å². The molecule has 1 atom stereocenters. The summed E-state index contributed by atoms with van der Waals surface area (Å²) in [5, 5.41) is 16.9. The first-order valence-electron chi connectivity index (χ1n) is 7.55. The van der Waals surface area contributed by atoms with Crippen molar-refractivity contribution in [3.63, 3.8) is 0 Å². The number of nitrogens with zero attached hydrogens (tertiary/aromatic N) is 3. The summed E-state index contributed by atoms with van der Waals surface area (Å²) in [5.74, 6) is 0.537. The summed E-state index contributed by atoms with van der Waals surface area (Å²) in [7, 11) is 0. The lowest BCUT2D eigenvalue weighted by molar-refractivity contribution is -0.384. The van der Waals surface area contributed by atoms with Crippen LogP contribution in [0.2, 0.25) is 0 Å². The summed E-state index contributed by atoms with van der Waals surface area (Å²) >= 11 is 0. The number of hydrogen-bond donors (Lipinski definition) is 0. The lowest BCUT2D eigenvalue weighted by Gasteiger charge is -2.20. The molecule has 24 heavy (non-hydrogen) atoms. The van der Waals surface area contributed by atoms with Crippen molar-refractivity contribution >= 4 is 17.3 Å². The highest BCUT2D eigenvalue weighted by molar-refractivity contribution is 6.04. The first kappa shape index (κ1) is 15.9. The van der Waals surface area contributed by atoms with E-state index in [0.717, 1.165) is 22.6 Å². The second-order valence-corrected chi connectivity index (χ2v) is 5.83. The van der Waals surface area contributed by atoms with Crippen molar-refractivity contribution in [1.82, 2.24) is 5.01 Å². The molecule has 7 heteroatoms. The SMILES string of the molecule is CC(=O)N1N=C(c2c(C)coc2C)C[C@@H]1c1cccc([N+](=O)[O-])c1. The van der Waals surface area contributed by atoms with Gasteiger partial charge in [-0.25, -0.2) is 5.01 Å². The highest BCUT2D eigenvalue weighted by Gasteiger charge is 2.33. The topological polar surface area (TPSA) is 89.0 Å². The van der Waals surface area contributed by atoms with Crippen LogP contribution in [0.4, 0.5) is 5.69 Å². The zero-order valence-electron chi connectivity index (χ0n) is 13.6. The third-order valence-electron chi connectivity index (χ3n) is 4.15. The quantitative estimate of drug-likeness (QED) is 0.637. The predicted octanol–water partition coefficient (Wildman–Crippen LogP) is 3.50. The van der Waals surface area contributed by atoms with E-state index in [1.54, 1.807) is 18.4 Å². The van der Waals surface area contributed by atoms with Crippen LogP contribution in [-0.4, -0.2) is 21.6 Å². The number of rotatable bonds is 3. The molecular formula is C17H17N3O4. The van der Waals surface area contributed by atoms with Crippen molar-refractivity contribution in [2.75, 3.05) is 0 Å². The van der Waals surface area contributed by atoms with E-state index in [1.807, 2.05) is 13.8 Å². The summed E-state index contributed by atoms with van der Waals surface area (Å²) in [6.45, 7) is 5.21. The normalized spacial score (nSPS) is 17.0. The van der Waals surface area contributed by atoms with Gasteiger partial charge >= 0.3 is 0 Å². The number of benzene rings is 1. The second kappa shape index (κ2) is 5.92. The van der Waals surface area contributed by atoms with Gasteiger partial charge in [-0.2, -0.15) is 5.10 Å². The average Bonchev–Trinajstić information content (AvgIpc) is 3.11. The van der Waals surface area contributed by atoms with E-state index in [4.69, 9.17) is 4.42 Å². The Labute approximate surface area is 138 Å². The number of carbonyl (C=O) groups excluding carboxylic acids is 1. The molecule has 0 aliphatic carbocycles. The molecule has 2 heterocycles. The van der Waals surface area contributed by atoms with Crippen molar-refractivity contribution in [3.8, 4) is 0 Å². The van der Waals surface area contributed by atoms with E-state index in [2.05, 4.69) is 5.10 Å². The minimum atomic E-state index is -0.442. The fraction of sp³-hybridized carbons (Fsp3) is 0.294. The zero-order valence-corrected chi connectivity index (χ0v) is 13.6.